The Morgan fingerprint density at radius 3 is 2.27 bits per heavy atom. The summed E-state index contributed by atoms with van der Waals surface area (Å²) in [4.78, 5) is 23.0. The van der Waals surface area contributed by atoms with Crippen LogP contribution in [0.25, 0.3) is 11.1 Å². The number of non-ortho nitro benzene ring substituents is 1. The van der Waals surface area contributed by atoms with Gasteiger partial charge in [-0.25, -0.2) is 21.6 Å². The molecule has 5 rings (SSSR count). The molecule has 1 amide bonds. The Kier molecular flexibility index (Phi) is 10.9. The van der Waals surface area contributed by atoms with Gasteiger partial charge in [-0.2, -0.15) is 4.31 Å². The molecule has 258 valence electrons. The largest absolute Gasteiger partial charge is 0.492 e. The predicted molar refractivity (Wildman–Crippen MR) is 186 cm³/mol. The van der Waals surface area contributed by atoms with Gasteiger partial charge >= 0.3 is 0 Å². The van der Waals surface area contributed by atoms with Crippen LogP contribution in [0.5, 0.6) is 5.75 Å². The standard InChI is InChI=1S/C36H39N3O8S2/c1-25(2)27-13-15-28(16-14-27)29-8-6-10-33(22-29)49(45,46)38-21-7-9-30(23-38)34-11-4-5-12-35(34)47-24-26(3)36(40)37-48(43,44)32-19-17-31(18-20-32)39(41)42/h4-6,8,10-20,22,25-26,30H,7,9,21,23-24H2,1-3H3,(H,37,40). The van der Waals surface area contributed by atoms with E-state index in [1.807, 2.05) is 35.1 Å². The van der Waals surface area contributed by atoms with Gasteiger partial charge in [0, 0.05) is 31.1 Å². The van der Waals surface area contributed by atoms with Crippen LogP contribution in [0.4, 0.5) is 5.69 Å². The zero-order valence-electron chi connectivity index (χ0n) is 27.5. The zero-order chi connectivity index (χ0) is 35.3. The van der Waals surface area contributed by atoms with E-state index in [0.717, 1.165) is 47.4 Å². The normalized spacial score (nSPS) is 16.2. The van der Waals surface area contributed by atoms with Crippen LogP contribution >= 0.6 is 0 Å². The molecule has 11 nitrogen and oxygen atoms in total. The Morgan fingerprint density at radius 1 is 0.898 bits per heavy atom. The zero-order valence-corrected chi connectivity index (χ0v) is 29.1. The SMILES string of the molecule is CC(COc1ccccc1C1CCCN(S(=O)(=O)c2cccc(-c3ccc(C(C)C)cc3)c2)C1)C(=O)NS(=O)(=O)c1ccc([N+](=O)[O-])cc1. The molecule has 1 aliphatic rings. The van der Waals surface area contributed by atoms with Crippen molar-refractivity contribution >= 4 is 31.6 Å². The number of carbonyl (C=O) groups excluding carboxylic acids is 1. The second kappa shape index (κ2) is 14.9. The number of amides is 1. The van der Waals surface area contributed by atoms with Gasteiger partial charge in [-0.3, -0.25) is 14.9 Å². The summed E-state index contributed by atoms with van der Waals surface area (Å²) in [5, 5.41) is 10.9. The van der Waals surface area contributed by atoms with Crippen molar-refractivity contribution in [1.29, 1.82) is 0 Å². The number of hydrogen-bond acceptors (Lipinski definition) is 8. The molecule has 13 heteroatoms. The fourth-order valence-electron chi connectivity index (χ4n) is 5.74. The molecular weight excluding hydrogens is 667 g/mol. The van der Waals surface area contributed by atoms with E-state index >= 15 is 0 Å². The molecule has 2 atom stereocenters. The average molecular weight is 706 g/mol. The molecule has 1 fully saturated rings. The van der Waals surface area contributed by atoms with Gasteiger partial charge in [-0.15, -0.1) is 0 Å². The van der Waals surface area contributed by atoms with E-state index in [9.17, 15) is 31.7 Å². The second-order valence-corrected chi connectivity index (χ2v) is 16.1. The van der Waals surface area contributed by atoms with E-state index in [1.165, 1.54) is 16.8 Å². The fourth-order valence-corrected chi connectivity index (χ4v) is 8.39. The number of sulfonamides is 2. The summed E-state index contributed by atoms with van der Waals surface area (Å²) in [5.41, 5.74) is 3.49. The van der Waals surface area contributed by atoms with Gasteiger partial charge in [0.1, 0.15) is 5.75 Å². The van der Waals surface area contributed by atoms with Crippen LogP contribution in [-0.4, -0.2) is 51.7 Å². The van der Waals surface area contributed by atoms with Gasteiger partial charge in [-0.05, 0) is 71.3 Å². The van der Waals surface area contributed by atoms with Crippen LogP contribution in [0.1, 0.15) is 56.6 Å². The van der Waals surface area contributed by atoms with E-state index < -0.39 is 36.8 Å². The van der Waals surface area contributed by atoms with Crippen molar-refractivity contribution in [3.63, 3.8) is 0 Å². The van der Waals surface area contributed by atoms with Crippen LogP contribution in [0.3, 0.4) is 0 Å². The number of benzene rings is 4. The lowest BCUT2D eigenvalue weighted by Crippen LogP contribution is -2.39. The number of nitrogens with zero attached hydrogens (tertiary/aromatic N) is 2. The quantitative estimate of drug-likeness (QED) is 0.130. The Morgan fingerprint density at radius 2 is 1.59 bits per heavy atom. The lowest BCUT2D eigenvalue weighted by Gasteiger charge is -2.33. The number of ether oxygens (including phenoxy) is 1. The third-order valence-electron chi connectivity index (χ3n) is 8.65. The molecule has 2 unspecified atom stereocenters. The summed E-state index contributed by atoms with van der Waals surface area (Å²) in [6, 6.07) is 26.6. The molecule has 1 heterocycles. The number of hydrogen-bond donors (Lipinski definition) is 1. The molecule has 0 aliphatic carbocycles. The number of piperidine rings is 1. The van der Waals surface area contributed by atoms with Crippen molar-refractivity contribution in [1.82, 2.24) is 9.03 Å². The van der Waals surface area contributed by atoms with Crippen LogP contribution in [0, 0.1) is 16.0 Å². The van der Waals surface area contributed by atoms with E-state index in [0.29, 0.717) is 24.6 Å². The highest BCUT2D eigenvalue weighted by Gasteiger charge is 2.32. The summed E-state index contributed by atoms with van der Waals surface area (Å²) < 4.78 is 62.8. The third-order valence-corrected chi connectivity index (χ3v) is 11.9. The van der Waals surface area contributed by atoms with Crippen LogP contribution in [0.15, 0.2) is 107 Å². The second-order valence-electron chi connectivity index (χ2n) is 12.5. The monoisotopic (exact) mass is 705 g/mol. The van der Waals surface area contributed by atoms with Gasteiger partial charge in [-0.1, -0.05) is 75.4 Å². The number of carbonyl (C=O) groups is 1. The highest BCUT2D eigenvalue weighted by molar-refractivity contribution is 7.90. The Hall–Kier alpha value is -4.59. The summed E-state index contributed by atoms with van der Waals surface area (Å²) >= 11 is 0. The Labute approximate surface area is 287 Å². The molecule has 0 spiro atoms. The number of nitro benzene ring substituents is 1. The molecule has 1 aliphatic heterocycles. The Balaban J connectivity index is 1.25. The molecule has 4 aromatic rings. The molecule has 1 N–H and O–H groups in total. The molecule has 0 bridgehead atoms. The van der Waals surface area contributed by atoms with Crippen molar-refractivity contribution in [2.24, 2.45) is 5.92 Å². The average Bonchev–Trinajstić information content (AvgIpc) is 3.10. The molecule has 0 radical (unpaired) electrons. The van der Waals surface area contributed by atoms with Crippen molar-refractivity contribution in [2.45, 2.75) is 55.2 Å². The first-order valence-electron chi connectivity index (χ1n) is 16.0. The van der Waals surface area contributed by atoms with Gasteiger partial charge in [0.15, 0.2) is 0 Å². The van der Waals surface area contributed by atoms with Gasteiger partial charge in [0.05, 0.1) is 27.2 Å². The van der Waals surface area contributed by atoms with Crippen LogP contribution in [0.2, 0.25) is 0 Å². The predicted octanol–water partition coefficient (Wildman–Crippen LogP) is 6.47. The maximum Gasteiger partial charge on any atom is 0.269 e. The minimum absolute atomic E-state index is 0.141. The minimum Gasteiger partial charge on any atom is -0.492 e. The smallest absolute Gasteiger partial charge is 0.269 e. The number of rotatable bonds is 12. The van der Waals surface area contributed by atoms with Crippen molar-refractivity contribution < 1.29 is 31.3 Å². The molecule has 1 saturated heterocycles. The number of nitrogens with one attached hydrogen (secondary N) is 1. The van der Waals surface area contributed by atoms with Gasteiger partial charge < -0.3 is 4.74 Å². The minimum atomic E-state index is -4.26. The van der Waals surface area contributed by atoms with E-state index in [4.69, 9.17) is 4.74 Å². The number of nitro groups is 1. The van der Waals surface area contributed by atoms with E-state index in [1.54, 1.807) is 30.3 Å². The summed E-state index contributed by atoms with van der Waals surface area (Å²) in [5.74, 6) is -0.970. The van der Waals surface area contributed by atoms with Crippen molar-refractivity contribution in [2.75, 3.05) is 19.7 Å². The molecule has 0 aromatic heterocycles. The van der Waals surface area contributed by atoms with E-state index in [2.05, 4.69) is 26.0 Å². The van der Waals surface area contributed by atoms with E-state index in [-0.39, 0.29) is 34.5 Å². The molecular formula is C36H39N3O8S2. The first kappa shape index (κ1) is 35.7. The van der Waals surface area contributed by atoms with Crippen LogP contribution < -0.4 is 9.46 Å². The third kappa shape index (κ3) is 8.35. The lowest BCUT2D eigenvalue weighted by molar-refractivity contribution is -0.384. The van der Waals surface area contributed by atoms with Gasteiger partial charge in [0.25, 0.3) is 15.7 Å². The number of para-hydroxylation sites is 1. The summed E-state index contributed by atoms with van der Waals surface area (Å²) in [6.45, 7) is 6.26. The lowest BCUT2D eigenvalue weighted by atomic mass is 9.91. The first-order valence-corrected chi connectivity index (χ1v) is 18.9. The van der Waals surface area contributed by atoms with Gasteiger partial charge in [0.2, 0.25) is 15.9 Å². The summed E-state index contributed by atoms with van der Waals surface area (Å²) in [7, 11) is -8.06. The highest BCUT2D eigenvalue weighted by atomic mass is 32.2. The Bertz CT molecular complexity index is 2030. The maximum atomic E-state index is 13.9. The van der Waals surface area contributed by atoms with Crippen molar-refractivity contribution in [3.8, 4) is 16.9 Å². The topological polar surface area (TPSA) is 153 Å². The van der Waals surface area contributed by atoms with Crippen molar-refractivity contribution in [3.05, 3.63) is 118 Å². The highest BCUT2D eigenvalue weighted by Crippen LogP contribution is 2.36. The molecule has 4 aromatic carbocycles. The first-order chi connectivity index (χ1) is 23.3. The van der Waals surface area contributed by atoms with Crippen LogP contribution in [-0.2, 0) is 24.8 Å². The fraction of sp³-hybridized carbons (Fsp3) is 0.306. The molecule has 0 saturated carbocycles. The molecule has 49 heavy (non-hydrogen) atoms. The summed E-state index contributed by atoms with van der Waals surface area (Å²) in [6.07, 6.45) is 1.38. The maximum absolute atomic E-state index is 13.9.